The predicted molar refractivity (Wildman–Crippen MR) is 112 cm³/mol. The lowest BCUT2D eigenvalue weighted by Crippen LogP contribution is -2.29. The molecule has 0 atom stereocenters. The van der Waals surface area contributed by atoms with Gasteiger partial charge < -0.3 is 4.90 Å². The number of fused-ring (bicyclic) bond motifs is 2. The normalized spacial score (nSPS) is 15.0. The molecule has 1 fully saturated rings. The molecule has 0 radical (unpaired) electrons. The van der Waals surface area contributed by atoms with E-state index in [0.29, 0.717) is 0 Å². The number of nitrogens with zero attached hydrogens (tertiary/aromatic N) is 2. The molecule has 1 aromatic rings. The first-order valence-corrected chi connectivity index (χ1v) is 10.7. The second-order valence-corrected chi connectivity index (χ2v) is 8.38. The van der Waals surface area contributed by atoms with E-state index in [-0.39, 0.29) is 5.43 Å². The molecule has 3 aliphatic rings. The Morgan fingerprint density at radius 3 is 2.73 bits per heavy atom. The maximum Gasteiger partial charge on any atom is 0.183 e. The fourth-order valence-corrected chi connectivity index (χ4v) is 4.81. The van der Waals surface area contributed by atoms with Crippen LogP contribution in [0.15, 0.2) is 35.1 Å². The summed E-state index contributed by atoms with van der Waals surface area (Å²) in [5, 5.41) is 0. The van der Waals surface area contributed by atoms with Crippen molar-refractivity contribution in [3.05, 3.63) is 46.1 Å². The maximum atomic E-state index is 12.4. The van der Waals surface area contributed by atoms with E-state index in [1.807, 2.05) is 6.07 Å². The number of hydrogen-bond acceptors (Lipinski definition) is 4. The minimum absolute atomic E-state index is 0.165. The summed E-state index contributed by atoms with van der Waals surface area (Å²) < 4.78 is 1.17. The molecule has 4 heteroatoms. The van der Waals surface area contributed by atoms with Crippen LogP contribution >= 0.6 is 11.3 Å². The molecule has 1 saturated heterocycles. The fraction of sp³-hybridized carbons (Fsp3) is 0.455. The van der Waals surface area contributed by atoms with E-state index in [0.717, 1.165) is 47.6 Å². The van der Waals surface area contributed by atoms with Crippen molar-refractivity contribution in [3.8, 4) is 10.6 Å². The molecule has 1 aromatic carbocycles. The molecule has 136 valence electrons. The van der Waals surface area contributed by atoms with Crippen molar-refractivity contribution in [1.82, 2.24) is 4.98 Å². The van der Waals surface area contributed by atoms with E-state index < -0.39 is 0 Å². The predicted octanol–water partition coefficient (Wildman–Crippen LogP) is 5.48. The average molecular weight is 367 g/mol. The van der Waals surface area contributed by atoms with Crippen molar-refractivity contribution in [1.29, 1.82) is 0 Å². The lowest BCUT2D eigenvalue weighted by Gasteiger charge is -2.28. The first-order valence-electron chi connectivity index (χ1n) is 9.87. The Morgan fingerprint density at radius 1 is 1.08 bits per heavy atom. The number of piperidine rings is 1. The summed E-state index contributed by atoms with van der Waals surface area (Å²) in [6, 6.07) is 10.4. The van der Waals surface area contributed by atoms with Gasteiger partial charge in [0.2, 0.25) is 0 Å². The third kappa shape index (κ3) is 3.61. The molecule has 1 aliphatic carbocycles. The molecular formula is C22H26N2OS. The SMILES string of the molecule is CCCCCc1cc2nc3ccc(N4CCCCC4)cc3sc-2cc1=O. The summed E-state index contributed by atoms with van der Waals surface area (Å²) in [7, 11) is 0. The Hall–Kier alpha value is -1.94. The summed E-state index contributed by atoms with van der Waals surface area (Å²) in [4.78, 5) is 20.8. The second kappa shape index (κ2) is 7.75. The summed E-state index contributed by atoms with van der Waals surface area (Å²) in [6.07, 6.45) is 8.17. The minimum Gasteiger partial charge on any atom is -0.371 e. The highest BCUT2D eigenvalue weighted by Crippen LogP contribution is 2.33. The summed E-state index contributed by atoms with van der Waals surface area (Å²) in [6.45, 7) is 4.47. The van der Waals surface area contributed by atoms with Crippen LogP contribution in [0.2, 0.25) is 0 Å². The quantitative estimate of drug-likeness (QED) is 0.442. The van der Waals surface area contributed by atoms with Gasteiger partial charge in [-0.15, -0.1) is 11.3 Å². The summed E-state index contributed by atoms with van der Waals surface area (Å²) in [5.74, 6) is 0. The Kier molecular flexibility index (Phi) is 5.21. The fourth-order valence-electron chi connectivity index (χ4n) is 3.80. The number of aryl methyl sites for hydroxylation is 1. The Bertz CT molecular complexity index is 927. The standard InChI is InChI=1S/C22H26N2OS/c1-2-3-5-8-16-13-19-22(15-20(16)25)26-21-14-17(9-10-18(21)23-19)24-11-6-4-7-12-24/h9-10,13-15H,2-8,11-12H2,1H3. The van der Waals surface area contributed by atoms with Gasteiger partial charge in [0.05, 0.1) is 20.8 Å². The third-order valence-electron chi connectivity index (χ3n) is 5.32. The van der Waals surface area contributed by atoms with Crippen LogP contribution in [-0.2, 0) is 6.42 Å². The Morgan fingerprint density at radius 2 is 1.92 bits per heavy atom. The summed E-state index contributed by atoms with van der Waals surface area (Å²) >= 11 is 1.69. The van der Waals surface area contributed by atoms with E-state index in [1.54, 1.807) is 17.4 Å². The van der Waals surface area contributed by atoms with Gasteiger partial charge in [0.25, 0.3) is 0 Å². The van der Waals surface area contributed by atoms with Gasteiger partial charge in [-0.25, -0.2) is 4.98 Å². The minimum atomic E-state index is 0.165. The average Bonchev–Trinajstić information content (AvgIpc) is 2.67. The van der Waals surface area contributed by atoms with Gasteiger partial charge >= 0.3 is 0 Å². The van der Waals surface area contributed by atoms with Crippen molar-refractivity contribution < 1.29 is 0 Å². The van der Waals surface area contributed by atoms with Crippen molar-refractivity contribution in [2.24, 2.45) is 0 Å². The van der Waals surface area contributed by atoms with Crippen LogP contribution in [-0.4, -0.2) is 18.1 Å². The second-order valence-electron chi connectivity index (χ2n) is 7.30. The Balaban J connectivity index is 1.70. The molecule has 3 nitrogen and oxygen atoms in total. The van der Waals surface area contributed by atoms with Gasteiger partial charge in [-0.05, 0) is 56.4 Å². The monoisotopic (exact) mass is 366 g/mol. The molecule has 0 saturated carbocycles. The number of hydrogen-bond donors (Lipinski definition) is 0. The molecule has 4 rings (SSSR count). The summed E-state index contributed by atoms with van der Waals surface area (Å²) in [5.41, 5.74) is 4.35. The maximum absolute atomic E-state index is 12.4. The molecule has 0 spiro atoms. The highest BCUT2D eigenvalue weighted by molar-refractivity contribution is 7.21. The molecule has 0 unspecified atom stereocenters. The van der Waals surface area contributed by atoms with Crippen LogP contribution in [0, 0.1) is 0 Å². The smallest absolute Gasteiger partial charge is 0.183 e. The van der Waals surface area contributed by atoms with Crippen LogP contribution in [0.25, 0.3) is 20.8 Å². The van der Waals surface area contributed by atoms with E-state index in [2.05, 4.69) is 30.0 Å². The van der Waals surface area contributed by atoms with Gasteiger partial charge in [-0.1, -0.05) is 19.8 Å². The van der Waals surface area contributed by atoms with Gasteiger partial charge in [0.1, 0.15) is 0 Å². The molecule has 0 bridgehead atoms. The van der Waals surface area contributed by atoms with E-state index in [4.69, 9.17) is 4.98 Å². The number of rotatable bonds is 5. The van der Waals surface area contributed by atoms with E-state index in [1.165, 1.54) is 42.5 Å². The zero-order valence-electron chi connectivity index (χ0n) is 15.5. The molecule has 0 N–H and O–H groups in total. The zero-order chi connectivity index (χ0) is 17.9. The number of anilines is 1. The van der Waals surface area contributed by atoms with E-state index >= 15 is 0 Å². The molecule has 26 heavy (non-hydrogen) atoms. The molecule has 2 heterocycles. The lowest BCUT2D eigenvalue weighted by molar-refractivity contribution is 0.578. The number of aromatic nitrogens is 1. The lowest BCUT2D eigenvalue weighted by atomic mass is 10.0. The van der Waals surface area contributed by atoms with Crippen LogP contribution in [0.1, 0.15) is 51.0 Å². The van der Waals surface area contributed by atoms with Crippen molar-refractivity contribution in [3.63, 3.8) is 0 Å². The Labute approximate surface area is 159 Å². The van der Waals surface area contributed by atoms with Crippen LogP contribution in [0.5, 0.6) is 0 Å². The first-order chi connectivity index (χ1) is 12.7. The van der Waals surface area contributed by atoms with Gasteiger partial charge in [0.15, 0.2) is 5.43 Å². The van der Waals surface area contributed by atoms with Crippen molar-refractivity contribution in [2.45, 2.75) is 51.9 Å². The van der Waals surface area contributed by atoms with E-state index in [9.17, 15) is 4.79 Å². The van der Waals surface area contributed by atoms with Crippen LogP contribution in [0.3, 0.4) is 0 Å². The van der Waals surface area contributed by atoms with Gasteiger partial charge in [0, 0.05) is 30.4 Å². The molecule has 0 aromatic heterocycles. The topological polar surface area (TPSA) is 33.2 Å². The third-order valence-corrected chi connectivity index (χ3v) is 6.41. The number of benzene rings is 2. The highest BCUT2D eigenvalue weighted by atomic mass is 32.1. The van der Waals surface area contributed by atoms with Crippen molar-refractivity contribution >= 4 is 27.2 Å². The first kappa shape index (κ1) is 17.5. The zero-order valence-corrected chi connectivity index (χ0v) is 16.3. The van der Waals surface area contributed by atoms with Gasteiger partial charge in [-0.2, -0.15) is 0 Å². The molecule has 2 aliphatic heterocycles. The number of unbranched alkanes of at least 4 members (excludes halogenated alkanes) is 2. The molecule has 0 amide bonds. The largest absolute Gasteiger partial charge is 0.371 e. The van der Waals surface area contributed by atoms with Crippen LogP contribution < -0.4 is 10.3 Å². The van der Waals surface area contributed by atoms with Crippen molar-refractivity contribution in [2.75, 3.05) is 18.0 Å². The van der Waals surface area contributed by atoms with Gasteiger partial charge in [-0.3, -0.25) is 4.79 Å². The molecular weight excluding hydrogens is 340 g/mol. The van der Waals surface area contributed by atoms with Crippen LogP contribution in [0.4, 0.5) is 5.69 Å². The highest BCUT2D eigenvalue weighted by Gasteiger charge is 2.14.